The Kier molecular flexibility index (Phi) is 3.92. The fourth-order valence-electron chi connectivity index (χ4n) is 1.58. The highest BCUT2D eigenvalue weighted by Gasteiger charge is 2.26. The Labute approximate surface area is 95.1 Å². The molecule has 0 fully saturated rings. The third-order valence-electron chi connectivity index (χ3n) is 2.42. The van der Waals surface area contributed by atoms with Crippen molar-refractivity contribution in [1.29, 1.82) is 0 Å². The highest BCUT2D eigenvalue weighted by molar-refractivity contribution is 6.56. The molecule has 0 unspecified atom stereocenters. The maximum Gasteiger partial charge on any atom is 0.341 e. The van der Waals surface area contributed by atoms with Crippen molar-refractivity contribution in [1.82, 2.24) is 0 Å². The Morgan fingerprint density at radius 2 is 1.38 bits per heavy atom. The second kappa shape index (κ2) is 4.83. The van der Waals surface area contributed by atoms with E-state index in [1.807, 2.05) is 0 Å². The van der Waals surface area contributed by atoms with Crippen LogP contribution in [0.4, 0.5) is 13.2 Å². The minimum atomic E-state index is -1.68. The predicted molar refractivity (Wildman–Crippen MR) is 61.4 cm³/mol. The molecule has 7 heteroatoms. The number of carbonyl (C=O) groups is 1. The van der Waals surface area contributed by atoms with Crippen molar-refractivity contribution in [3.05, 3.63) is 23.0 Å². The van der Waals surface area contributed by atoms with Crippen LogP contribution in [0.3, 0.4) is 0 Å². The van der Waals surface area contributed by atoms with Crippen molar-refractivity contribution in [3.8, 4) is 0 Å². The summed E-state index contributed by atoms with van der Waals surface area (Å²) in [5.41, 5.74) is -1.00. The predicted octanol–water partition coefficient (Wildman–Crippen LogP) is -0.513. The molecule has 0 atom stereocenters. The van der Waals surface area contributed by atoms with Crippen LogP contribution < -0.4 is 10.4 Å². The summed E-state index contributed by atoms with van der Waals surface area (Å²) in [6.07, 6.45) is 0. The van der Waals surface area contributed by atoms with E-state index in [2.05, 4.69) is 0 Å². The summed E-state index contributed by atoms with van der Waals surface area (Å²) in [6, 6.07) is 0. The summed E-state index contributed by atoms with van der Waals surface area (Å²) in [6.45, 7) is 3.26. The van der Waals surface area contributed by atoms with E-state index in [9.17, 15) is 18.0 Å². The van der Waals surface area contributed by atoms with Crippen molar-refractivity contribution < 1.29 is 23.1 Å². The summed E-state index contributed by atoms with van der Waals surface area (Å²) >= 11 is 0. The van der Waals surface area contributed by atoms with Gasteiger partial charge in [0, 0.05) is 10.4 Å². The van der Waals surface area contributed by atoms with Gasteiger partial charge in [0.25, 0.3) is 0 Å². The maximum absolute atomic E-state index is 13.6. The van der Waals surface area contributed by atoms with Crippen LogP contribution in [0.1, 0.15) is 10.4 Å². The monoisotopic (exact) mass is 264 g/mol. The van der Waals surface area contributed by atoms with Crippen molar-refractivity contribution in [2.75, 3.05) is 0 Å². The molecule has 0 saturated carbocycles. The van der Waals surface area contributed by atoms with Crippen molar-refractivity contribution in [2.24, 2.45) is 0 Å². The Hall–Kier alpha value is -1.09. The standard InChI is InChI=1S/C9H11F3O2Si2/c1-15-7-4(10)3(9(13)14)5(11)8(16-2)6(7)12/h15-16H2,1-2H3,(H,13,14). The van der Waals surface area contributed by atoms with E-state index in [0.29, 0.717) is 0 Å². The third kappa shape index (κ3) is 1.92. The van der Waals surface area contributed by atoms with Crippen molar-refractivity contribution in [2.45, 2.75) is 13.1 Å². The molecular formula is C9H11F3O2Si2. The first-order valence-electron chi connectivity index (χ1n) is 4.87. The van der Waals surface area contributed by atoms with E-state index in [4.69, 9.17) is 5.11 Å². The van der Waals surface area contributed by atoms with E-state index in [0.717, 1.165) is 0 Å². The zero-order valence-corrected chi connectivity index (χ0v) is 11.7. The second-order valence-corrected chi connectivity index (χ2v) is 6.11. The second-order valence-electron chi connectivity index (χ2n) is 3.29. The van der Waals surface area contributed by atoms with E-state index >= 15 is 0 Å². The van der Waals surface area contributed by atoms with Crippen molar-refractivity contribution in [3.63, 3.8) is 0 Å². The molecule has 1 aromatic rings. The van der Waals surface area contributed by atoms with Crippen molar-refractivity contribution >= 4 is 35.4 Å². The lowest BCUT2D eigenvalue weighted by Gasteiger charge is -2.11. The summed E-state index contributed by atoms with van der Waals surface area (Å²) in [5, 5.41) is 8.29. The molecule has 0 bridgehead atoms. The minimum Gasteiger partial charge on any atom is -0.477 e. The summed E-state index contributed by atoms with van der Waals surface area (Å²) in [4.78, 5) is 10.7. The average Bonchev–Trinajstić information content (AvgIpc) is 2.18. The summed E-state index contributed by atoms with van der Waals surface area (Å²) in [7, 11) is -2.45. The van der Waals surface area contributed by atoms with E-state index in [-0.39, 0.29) is 10.4 Å². The smallest absolute Gasteiger partial charge is 0.341 e. The molecule has 0 amide bonds. The van der Waals surface area contributed by atoms with Crippen LogP contribution in [-0.2, 0) is 0 Å². The molecule has 0 aliphatic rings. The topological polar surface area (TPSA) is 37.3 Å². The average molecular weight is 264 g/mol. The molecule has 0 spiro atoms. The van der Waals surface area contributed by atoms with Gasteiger partial charge in [-0.3, -0.25) is 0 Å². The van der Waals surface area contributed by atoms with Crippen LogP contribution in [0.15, 0.2) is 0 Å². The Morgan fingerprint density at radius 1 is 1.00 bits per heavy atom. The Balaban J connectivity index is 3.70. The zero-order chi connectivity index (χ0) is 12.5. The zero-order valence-electron chi connectivity index (χ0n) is 8.90. The van der Waals surface area contributed by atoms with Gasteiger partial charge in [-0.15, -0.1) is 0 Å². The molecule has 1 rings (SSSR count). The van der Waals surface area contributed by atoms with Gasteiger partial charge < -0.3 is 5.11 Å². The maximum atomic E-state index is 13.6. The SMILES string of the molecule is C[SiH2]c1c(F)c([SiH2]C)c(F)c(C(=O)O)c1F. The van der Waals surface area contributed by atoms with Gasteiger partial charge in [0.05, 0.1) is 19.0 Å². The normalized spacial score (nSPS) is 12.1. The minimum absolute atomic E-state index is 0.205. The van der Waals surface area contributed by atoms with Crippen LogP contribution in [-0.4, -0.2) is 30.1 Å². The molecule has 1 N–H and O–H groups in total. The Morgan fingerprint density at radius 3 is 1.62 bits per heavy atom. The molecule has 88 valence electrons. The number of carboxylic acid groups (broad SMARTS) is 1. The lowest BCUT2D eigenvalue weighted by molar-refractivity contribution is 0.0687. The lowest BCUT2D eigenvalue weighted by Crippen LogP contribution is -2.36. The van der Waals surface area contributed by atoms with E-state index in [1.165, 1.54) is 0 Å². The quantitative estimate of drug-likeness (QED) is 0.747. The number of aromatic carboxylic acids is 1. The van der Waals surface area contributed by atoms with Gasteiger partial charge in [0.1, 0.15) is 23.0 Å². The van der Waals surface area contributed by atoms with Gasteiger partial charge in [-0.25, -0.2) is 18.0 Å². The lowest BCUT2D eigenvalue weighted by atomic mass is 10.2. The molecule has 0 aromatic heterocycles. The number of hydrogen-bond acceptors (Lipinski definition) is 1. The van der Waals surface area contributed by atoms with Gasteiger partial charge in [-0.05, 0) is 0 Å². The molecule has 0 aliphatic carbocycles. The number of carboxylic acids is 1. The molecule has 16 heavy (non-hydrogen) atoms. The molecule has 0 aliphatic heterocycles. The summed E-state index contributed by atoms with van der Waals surface area (Å²) < 4.78 is 40.7. The number of rotatable bonds is 3. The molecular weight excluding hydrogens is 253 g/mol. The number of benzene rings is 1. The fourth-order valence-corrected chi connectivity index (χ4v) is 3.85. The largest absolute Gasteiger partial charge is 0.477 e. The van der Waals surface area contributed by atoms with E-state index in [1.54, 1.807) is 13.1 Å². The Bertz CT molecular complexity index is 418. The van der Waals surface area contributed by atoms with Gasteiger partial charge in [0.15, 0.2) is 0 Å². The third-order valence-corrected chi connectivity index (χ3v) is 5.08. The first-order chi connectivity index (χ1) is 7.45. The summed E-state index contributed by atoms with van der Waals surface area (Å²) in [5.74, 6) is -5.00. The van der Waals surface area contributed by atoms with Gasteiger partial charge in [-0.2, -0.15) is 0 Å². The van der Waals surface area contributed by atoms with Crippen LogP contribution in [0.25, 0.3) is 0 Å². The fraction of sp³-hybridized carbons (Fsp3) is 0.222. The highest BCUT2D eigenvalue weighted by atomic mass is 28.2. The molecule has 1 aromatic carbocycles. The highest BCUT2D eigenvalue weighted by Crippen LogP contribution is 2.11. The molecule has 0 heterocycles. The van der Waals surface area contributed by atoms with Crippen LogP contribution >= 0.6 is 0 Å². The first kappa shape index (κ1) is 13.0. The number of hydrogen-bond donors (Lipinski definition) is 1. The molecule has 2 nitrogen and oxygen atoms in total. The van der Waals surface area contributed by atoms with Crippen LogP contribution in [0, 0.1) is 17.5 Å². The first-order valence-corrected chi connectivity index (χ1v) is 9.11. The number of halogens is 3. The van der Waals surface area contributed by atoms with Gasteiger partial charge in [-0.1, -0.05) is 13.1 Å². The molecule has 0 radical (unpaired) electrons. The van der Waals surface area contributed by atoms with Gasteiger partial charge in [0.2, 0.25) is 0 Å². The van der Waals surface area contributed by atoms with Gasteiger partial charge >= 0.3 is 5.97 Å². The van der Waals surface area contributed by atoms with Crippen LogP contribution in [0.2, 0.25) is 13.1 Å². The molecule has 0 saturated heterocycles. The van der Waals surface area contributed by atoms with E-state index < -0.39 is 48.0 Å². The van der Waals surface area contributed by atoms with Crippen LogP contribution in [0.5, 0.6) is 0 Å².